The zero-order chi connectivity index (χ0) is 23.6. The minimum Gasteiger partial charge on any atom is -0.478 e. The van der Waals surface area contributed by atoms with Crippen molar-refractivity contribution in [3.05, 3.63) is 47.0 Å². The highest BCUT2D eigenvalue weighted by Crippen LogP contribution is 2.62. The lowest BCUT2D eigenvalue weighted by Gasteiger charge is -2.55. The number of fused-ring (bicyclic) bond motifs is 1. The van der Waals surface area contributed by atoms with Crippen molar-refractivity contribution in [3.8, 4) is 0 Å². The van der Waals surface area contributed by atoms with Gasteiger partial charge in [0.15, 0.2) is 0 Å². The molecule has 0 unspecified atom stereocenters. The summed E-state index contributed by atoms with van der Waals surface area (Å²) in [5.74, 6) is 3.21. The van der Waals surface area contributed by atoms with Crippen LogP contribution in [0.15, 0.2) is 30.3 Å². The van der Waals surface area contributed by atoms with E-state index in [1.807, 2.05) is 6.07 Å². The summed E-state index contributed by atoms with van der Waals surface area (Å²) in [6.45, 7) is 0. The summed E-state index contributed by atoms with van der Waals surface area (Å²) >= 11 is 0. The molecule has 10 rings (SSSR count). The Morgan fingerprint density at radius 2 is 1.14 bits per heavy atom. The summed E-state index contributed by atoms with van der Waals surface area (Å²) in [5, 5.41) is 13.1. The average Bonchev–Trinajstić information content (AvgIpc) is 2.83. The summed E-state index contributed by atoms with van der Waals surface area (Å²) in [5.41, 5.74) is 2.71. The predicted molar refractivity (Wildman–Crippen MR) is 131 cm³/mol. The lowest BCUT2D eigenvalue weighted by atomic mass is 9.48. The van der Waals surface area contributed by atoms with Crippen molar-refractivity contribution in [1.29, 1.82) is 0 Å². The van der Waals surface area contributed by atoms with Crippen LogP contribution in [0.3, 0.4) is 0 Å². The monoisotopic (exact) mass is 468 g/mol. The van der Waals surface area contributed by atoms with Gasteiger partial charge in [0, 0.05) is 23.7 Å². The van der Waals surface area contributed by atoms with Crippen LogP contribution in [0.2, 0.25) is 0 Å². The first-order chi connectivity index (χ1) is 17.0. The first-order valence-electron chi connectivity index (χ1n) is 13.8. The summed E-state index contributed by atoms with van der Waals surface area (Å²) in [6.07, 6.45) is 7.52. The van der Waals surface area contributed by atoms with Crippen LogP contribution in [0.5, 0.6) is 0 Å². The number of Topliss-reactive ketones (excluding diaryl/α,β-unsaturated/α-hetero) is 2. The van der Waals surface area contributed by atoms with Crippen molar-refractivity contribution in [3.63, 3.8) is 0 Å². The van der Waals surface area contributed by atoms with Crippen LogP contribution in [-0.4, -0.2) is 22.6 Å². The van der Waals surface area contributed by atoms with Crippen molar-refractivity contribution in [2.45, 2.75) is 63.2 Å². The zero-order valence-electron chi connectivity index (χ0n) is 20.0. The summed E-state index contributed by atoms with van der Waals surface area (Å²) < 4.78 is 0. The van der Waals surface area contributed by atoms with Crippen molar-refractivity contribution in [1.82, 2.24) is 0 Å². The molecule has 0 heterocycles. The maximum atomic E-state index is 13.2. The Balaban J connectivity index is 1.33. The van der Waals surface area contributed by atoms with E-state index in [0.717, 1.165) is 73.3 Å². The molecule has 4 nitrogen and oxygen atoms in total. The Kier molecular flexibility index (Phi) is 4.16. The number of benzene rings is 2. The number of aromatic carboxylic acids is 1. The molecule has 0 spiro atoms. The van der Waals surface area contributed by atoms with Crippen LogP contribution in [0, 0.1) is 47.3 Å². The molecule has 0 amide bonds. The fourth-order valence-electron chi connectivity index (χ4n) is 10.5. The van der Waals surface area contributed by atoms with Gasteiger partial charge in [-0.1, -0.05) is 24.3 Å². The van der Waals surface area contributed by atoms with E-state index in [1.54, 1.807) is 0 Å². The number of rotatable bonds is 3. The molecule has 4 heteroatoms. The van der Waals surface area contributed by atoms with E-state index in [1.165, 1.54) is 0 Å². The molecular formula is C31H32O4. The van der Waals surface area contributed by atoms with Crippen LogP contribution >= 0.6 is 0 Å². The summed E-state index contributed by atoms with van der Waals surface area (Å²) in [4.78, 5) is 38.5. The first-order valence-corrected chi connectivity index (χ1v) is 13.8. The minimum atomic E-state index is -0.782. The van der Waals surface area contributed by atoms with E-state index >= 15 is 0 Å². The van der Waals surface area contributed by atoms with Crippen molar-refractivity contribution < 1.29 is 19.5 Å². The number of carbonyl (C=O) groups excluding carboxylic acids is 2. The molecule has 0 atom stereocenters. The highest BCUT2D eigenvalue weighted by molar-refractivity contribution is 6.01. The van der Waals surface area contributed by atoms with Crippen LogP contribution in [0.25, 0.3) is 10.8 Å². The van der Waals surface area contributed by atoms with Gasteiger partial charge in [-0.2, -0.15) is 0 Å². The Morgan fingerprint density at radius 3 is 1.63 bits per heavy atom. The lowest BCUT2D eigenvalue weighted by molar-refractivity contribution is -0.142. The predicted octanol–water partition coefficient (Wildman–Crippen LogP) is 5.98. The van der Waals surface area contributed by atoms with Crippen LogP contribution < -0.4 is 0 Å². The maximum absolute atomic E-state index is 13.2. The van der Waals surface area contributed by atoms with Gasteiger partial charge in [-0.3, -0.25) is 9.59 Å². The van der Waals surface area contributed by atoms with E-state index < -0.39 is 5.97 Å². The van der Waals surface area contributed by atoms with E-state index in [-0.39, 0.29) is 35.5 Å². The van der Waals surface area contributed by atoms with E-state index in [4.69, 9.17) is 0 Å². The van der Waals surface area contributed by atoms with Gasteiger partial charge in [0.05, 0.1) is 5.56 Å². The lowest BCUT2D eigenvalue weighted by Crippen LogP contribution is -2.50. The van der Waals surface area contributed by atoms with Gasteiger partial charge < -0.3 is 5.11 Å². The van der Waals surface area contributed by atoms with Gasteiger partial charge in [-0.15, -0.1) is 0 Å². The van der Waals surface area contributed by atoms with Crippen LogP contribution in [-0.2, 0) is 9.59 Å². The van der Waals surface area contributed by atoms with Gasteiger partial charge in [0.2, 0.25) is 0 Å². The van der Waals surface area contributed by atoms with Crippen molar-refractivity contribution >= 4 is 28.3 Å². The molecule has 8 aliphatic carbocycles. The fraction of sp³-hybridized carbons (Fsp3) is 0.581. The van der Waals surface area contributed by atoms with Gasteiger partial charge >= 0.3 is 5.97 Å². The molecule has 8 fully saturated rings. The Hall–Kier alpha value is -2.49. The third-order valence-corrected chi connectivity index (χ3v) is 11.4. The standard InChI is InChI=1S/C31H32O4/c32-29-19-5-15-6-20(29)8-16(7-19)25(15)24-13-14-3-1-2-4-23(14)27(28(24)31(34)35)26-17-9-21-11-18(26)12-22(10-17)30(21)33/h1-4,13,15-22,25-26H,5-12H2,(H,34,35). The van der Waals surface area contributed by atoms with Gasteiger partial charge in [-0.25, -0.2) is 4.79 Å². The molecule has 8 bridgehead atoms. The Bertz CT molecular complexity index is 1240. The molecule has 35 heavy (non-hydrogen) atoms. The highest BCUT2D eigenvalue weighted by atomic mass is 16.4. The average molecular weight is 469 g/mol. The fourth-order valence-corrected chi connectivity index (χ4v) is 10.5. The topological polar surface area (TPSA) is 71.4 Å². The van der Waals surface area contributed by atoms with Crippen molar-refractivity contribution in [2.75, 3.05) is 0 Å². The molecule has 2 aromatic carbocycles. The zero-order valence-corrected chi connectivity index (χ0v) is 20.0. The number of ketones is 2. The smallest absolute Gasteiger partial charge is 0.336 e. The molecule has 0 aliphatic heterocycles. The third-order valence-electron chi connectivity index (χ3n) is 11.4. The Morgan fingerprint density at radius 1 is 0.686 bits per heavy atom. The Labute approximate surface area is 205 Å². The third kappa shape index (κ3) is 2.72. The van der Waals surface area contributed by atoms with Crippen LogP contribution in [0.1, 0.15) is 84.7 Å². The molecule has 8 saturated carbocycles. The maximum Gasteiger partial charge on any atom is 0.336 e. The SMILES string of the molecule is O=C(O)c1c(C2C3CC4CC2CC(C3)C4=O)cc2ccccc2c1C1C2CC3CC1CC(C2)C3=O. The molecule has 180 valence electrons. The largest absolute Gasteiger partial charge is 0.478 e. The molecule has 0 aromatic heterocycles. The summed E-state index contributed by atoms with van der Waals surface area (Å²) in [7, 11) is 0. The van der Waals surface area contributed by atoms with E-state index in [0.29, 0.717) is 40.8 Å². The number of hydrogen-bond acceptors (Lipinski definition) is 3. The normalized spacial score (nSPS) is 42.9. The minimum absolute atomic E-state index is 0.207. The highest BCUT2D eigenvalue weighted by Gasteiger charge is 2.56. The van der Waals surface area contributed by atoms with Crippen LogP contribution in [0.4, 0.5) is 0 Å². The molecule has 0 radical (unpaired) electrons. The van der Waals surface area contributed by atoms with E-state index in [2.05, 4.69) is 24.3 Å². The number of carboxylic acids is 1. The molecule has 8 aliphatic rings. The van der Waals surface area contributed by atoms with Gasteiger partial charge in [0.1, 0.15) is 11.6 Å². The molecule has 1 N–H and O–H groups in total. The first kappa shape index (κ1) is 20.7. The van der Waals surface area contributed by atoms with E-state index in [9.17, 15) is 19.5 Å². The number of carboxylic acid groups (broad SMARTS) is 1. The molecule has 2 aromatic rings. The number of carbonyl (C=O) groups is 3. The number of hydrogen-bond donors (Lipinski definition) is 1. The second-order valence-electron chi connectivity index (χ2n) is 12.9. The van der Waals surface area contributed by atoms with Gasteiger partial charge in [0.25, 0.3) is 0 Å². The quantitative estimate of drug-likeness (QED) is 0.602. The summed E-state index contributed by atoms with van der Waals surface area (Å²) in [6, 6.07) is 10.6. The molecular weight excluding hydrogens is 436 g/mol. The van der Waals surface area contributed by atoms with Crippen molar-refractivity contribution in [2.24, 2.45) is 47.3 Å². The molecule has 0 saturated heterocycles. The van der Waals surface area contributed by atoms with Gasteiger partial charge in [-0.05, 0) is 115 Å². The second kappa shape index (κ2) is 7.05. The second-order valence-corrected chi connectivity index (χ2v) is 12.9.